The van der Waals surface area contributed by atoms with Crippen LogP contribution in [-0.2, 0) is 9.59 Å². The third-order valence-corrected chi connectivity index (χ3v) is 5.86. The summed E-state index contributed by atoms with van der Waals surface area (Å²) in [7, 11) is 0. The van der Waals surface area contributed by atoms with Crippen LogP contribution in [0.2, 0.25) is 10.0 Å². The number of ether oxygens (including phenoxy) is 1. The number of amides is 2. The van der Waals surface area contributed by atoms with E-state index in [2.05, 4.69) is 10.6 Å². The first-order valence-corrected chi connectivity index (χ1v) is 10.8. The number of benzene rings is 1. The lowest BCUT2D eigenvalue weighted by atomic mass is 10.0. The largest absolute Gasteiger partial charge is 0.490 e. The van der Waals surface area contributed by atoms with Crippen LogP contribution in [0.3, 0.4) is 0 Å². The van der Waals surface area contributed by atoms with Crippen molar-refractivity contribution in [2.45, 2.75) is 31.2 Å². The van der Waals surface area contributed by atoms with Crippen LogP contribution < -0.4 is 15.4 Å². The van der Waals surface area contributed by atoms with Crippen molar-refractivity contribution < 1.29 is 32.6 Å². The first-order chi connectivity index (χ1) is 15.5. The number of halogens is 5. The Morgan fingerprint density at radius 2 is 1.97 bits per heavy atom. The maximum Gasteiger partial charge on any atom is 0.417 e. The van der Waals surface area contributed by atoms with Crippen LogP contribution in [0.1, 0.15) is 12.8 Å². The summed E-state index contributed by atoms with van der Waals surface area (Å²) in [5.41, 5.74) is -2.13. The number of β-amino-alcohol motifs (C(OH)–C–C–N with tert-alkyl or cyclic N) is 1. The number of aliphatic hydroxyl groups is 1. The minimum Gasteiger partial charge on any atom is -0.490 e. The van der Waals surface area contributed by atoms with Gasteiger partial charge >= 0.3 is 6.18 Å². The van der Waals surface area contributed by atoms with Crippen LogP contribution in [0.4, 0.5) is 13.2 Å². The molecule has 2 N–H and O–H groups in total. The fraction of sp³-hybridized carbons (Fsp3) is 0.429. The third kappa shape index (κ3) is 7.10. The van der Waals surface area contributed by atoms with Crippen molar-refractivity contribution in [1.29, 1.82) is 0 Å². The molecule has 0 unspecified atom stereocenters. The molecule has 12 heteroatoms. The summed E-state index contributed by atoms with van der Waals surface area (Å²) in [5, 5.41) is 16.6. The molecular formula is C21H21Cl2F3N3O4. The maximum absolute atomic E-state index is 13.1. The van der Waals surface area contributed by atoms with Gasteiger partial charge in [0, 0.05) is 44.5 Å². The van der Waals surface area contributed by atoms with Crippen molar-refractivity contribution in [3.8, 4) is 5.75 Å². The average molecular weight is 507 g/mol. The van der Waals surface area contributed by atoms with Crippen molar-refractivity contribution in [2.75, 3.05) is 26.2 Å². The minimum absolute atomic E-state index is 0.0346. The topological polar surface area (TPSA) is 93.0 Å². The van der Waals surface area contributed by atoms with Gasteiger partial charge in [0.25, 0.3) is 11.8 Å². The molecule has 33 heavy (non-hydrogen) atoms. The van der Waals surface area contributed by atoms with Crippen LogP contribution in [-0.4, -0.2) is 66.4 Å². The molecule has 2 amide bonds. The number of carbonyl (C=O) groups is 2. The zero-order valence-electron chi connectivity index (χ0n) is 17.2. The van der Waals surface area contributed by atoms with Crippen molar-refractivity contribution in [3.05, 3.63) is 51.7 Å². The molecule has 179 valence electrons. The molecule has 1 atom stereocenters. The molecule has 1 fully saturated rings. The van der Waals surface area contributed by atoms with E-state index in [9.17, 15) is 27.9 Å². The summed E-state index contributed by atoms with van der Waals surface area (Å²) < 4.78 is 45.1. The molecule has 3 rings (SSSR count). The maximum atomic E-state index is 13.1. The average Bonchev–Trinajstić information content (AvgIpc) is 2.75. The Morgan fingerprint density at radius 1 is 1.27 bits per heavy atom. The highest BCUT2D eigenvalue weighted by atomic mass is 35.5. The van der Waals surface area contributed by atoms with E-state index >= 15 is 0 Å². The number of alkyl halides is 3. The van der Waals surface area contributed by atoms with Gasteiger partial charge in [0.05, 0.1) is 27.3 Å². The van der Waals surface area contributed by atoms with Gasteiger partial charge in [-0.1, -0.05) is 23.2 Å². The van der Waals surface area contributed by atoms with E-state index in [1.54, 1.807) is 18.2 Å². The third-order valence-electron chi connectivity index (χ3n) is 5.12. The predicted octanol–water partition coefficient (Wildman–Crippen LogP) is 2.83. The molecule has 1 aromatic carbocycles. The molecule has 1 radical (unpaired) electrons. The quantitative estimate of drug-likeness (QED) is 0.593. The molecule has 1 aromatic rings. The molecule has 0 spiro atoms. The van der Waals surface area contributed by atoms with Crippen LogP contribution in [0, 0.1) is 0 Å². The van der Waals surface area contributed by atoms with Crippen molar-refractivity contribution in [1.82, 2.24) is 15.5 Å². The zero-order valence-corrected chi connectivity index (χ0v) is 18.8. The number of piperidine rings is 1. The van der Waals surface area contributed by atoms with Crippen molar-refractivity contribution >= 4 is 35.0 Å². The number of hydrogen-bond acceptors (Lipinski definition) is 5. The molecule has 0 aliphatic carbocycles. The lowest BCUT2D eigenvalue weighted by Gasteiger charge is -2.33. The van der Waals surface area contributed by atoms with Gasteiger partial charge in [0.15, 0.2) is 0 Å². The zero-order chi connectivity index (χ0) is 24.2. The fourth-order valence-electron chi connectivity index (χ4n) is 3.47. The van der Waals surface area contributed by atoms with Crippen LogP contribution in [0.15, 0.2) is 41.6 Å². The first kappa shape index (κ1) is 25.4. The van der Waals surface area contributed by atoms with Gasteiger partial charge in [-0.05, 0) is 25.0 Å². The van der Waals surface area contributed by atoms with Gasteiger partial charge in [-0.2, -0.15) is 13.2 Å². The molecule has 2 aliphatic heterocycles. The van der Waals surface area contributed by atoms with Crippen molar-refractivity contribution in [3.63, 3.8) is 0 Å². The summed E-state index contributed by atoms with van der Waals surface area (Å²) in [6.07, 6.45) is -3.66. The summed E-state index contributed by atoms with van der Waals surface area (Å²) >= 11 is 11.9. The Hall–Kier alpha value is -2.27. The highest BCUT2D eigenvalue weighted by molar-refractivity contribution is 6.42. The Balaban J connectivity index is 1.43. The summed E-state index contributed by atoms with van der Waals surface area (Å²) in [5.74, 6) is -1.55. The van der Waals surface area contributed by atoms with E-state index in [0.717, 1.165) is 0 Å². The van der Waals surface area contributed by atoms with Crippen molar-refractivity contribution in [2.24, 2.45) is 0 Å². The molecule has 2 aliphatic rings. The molecule has 0 aromatic heterocycles. The Labute approximate surface area is 198 Å². The molecule has 7 nitrogen and oxygen atoms in total. The van der Waals surface area contributed by atoms with Crippen LogP contribution in [0.5, 0.6) is 5.75 Å². The molecule has 1 saturated heterocycles. The van der Waals surface area contributed by atoms with E-state index in [1.165, 1.54) is 0 Å². The van der Waals surface area contributed by atoms with E-state index in [0.29, 0.717) is 47.9 Å². The van der Waals surface area contributed by atoms with E-state index < -0.39 is 35.2 Å². The second-order valence-corrected chi connectivity index (χ2v) is 8.44. The number of hydrogen-bond donors (Lipinski definition) is 2. The number of nitrogens with zero attached hydrogens (tertiary/aromatic N) is 2. The second-order valence-electron chi connectivity index (χ2n) is 7.62. The SMILES string of the molecule is O=C1C=C(C(F)(F)F)C(C(=O)NC[C@@H](O)CN2CCC(Oc3ccc(Cl)c(Cl)c3)CC2)=C[N]1. The number of rotatable bonds is 7. The normalized spacial score (nSPS) is 18.8. The number of likely N-dealkylation sites (tertiary alicyclic amines) is 1. The van der Waals surface area contributed by atoms with E-state index in [-0.39, 0.29) is 25.3 Å². The Morgan fingerprint density at radius 3 is 2.61 bits per heavy atom. The lowest BCUT2D eigenvalue weighted by Crippen LogP contribution is -2.45. The van der Waals surface area contributed by atoms with Crippen LogP contribution in [0.25, 0.3) is 0 Å². The fourth-order valence-corrected chi connectivity index (χ4v) is 3.76. The molecular weight excluding hydrogens is 486 g/mol. The van der Waals surface area contributed by atoms with E-state index in [1.807, 2.05) is 4.90 Å². The van der Waals surface area contributed by atoms with Gasteiger partial charge in [0.2, 0.25) is 0 Å². The Bertz CT molecular complexity index is 961. The standard InChI is InChI=1S/C21H21Cl2F3N3O4/c22-17-2-1-14(7-18(17)23)33-13-3-5-29(6-4-13)11-12(30)9-28-20(32)15-10-27-19(31)8-16(15)21(24,25)26/h1-2,7-8,10,12-13,30H,3-6,9,11H2,(H,28,32)/t12-/m1/s1. The van der Waals surface area contributed by atoms with Gasteiger partial charge in [-0.25, -0.2) is 5.32 Å². The minimum atomic E-state index is -4.88. The van der Waals surface area contributed by atoms with Gasteiger partial charge in [0.1, 0.15) is 11.9 Å². The highest BCUT2D eigenvalue weighted by Gasteiger charge is 2.40. The lowest BCUT2D eigenvalue weighted by molar-refractivity contribution is -0.121. The summed E-state index contributed by atoms with van der Waals surface area (Å²) in [4.78, 5) is 25.3. The smallest absolute Gasteiger partial charge is 0.417 e. The van der Waals surface area contributed by atoms with E-state index in [4.69, 9.17) is 27.9 Å². The number of carbonyl (C=O) groups excluding carboxylic acids is 2. The molecule has 2 heterocycles. The predicted molar refractivity (Wildman–Crippen MR) is 115 cm³/mol. The van der Waals surface area contributed by atoms with Crippen LogP contribution >= 0.6 is 23.2 Å². The van der Waals surface area contributed by atoms with Gasteiger partial charge in [-0.15, -0.1) is 0 Å². The van der Waals surface area contributed by atoms with Gasteiger partial charge < -0.3 is 20.1 Å². The van der Waals surface area contributed by atoms with Gasteiger partial charge in [-0.3, -0.25) is 9.59 Å². The summed E-state index contributed by atoms with van der Waals surface area (Å²) in [6, 6.07) is 5.03. The Kier molecular flexibility index (Phi) is 8.28. The first-order valence-electron chi connectivity index (χ1n) is 10.1. The molecule has 0 bridgehead atoms. The molecule has 0 saturated carbocycles. The monoisotopic (exact) mass is 506 g/mol. The number of aliphatic hydroxyl groups excluding tert-OH is 1. The highest BCUT2D eigenvalue weighted by Crippen LogP contribution is 2.32. The summed E-state index contributed by atoms with van der Waals surface area (Å²) in [6.45, 7) is 1.23. The second kappa shape index (κ2) is 10.8. The number of nitrogens with one attached hydrogen (secondary N) is 1.